The summed E-state index contributed by atoms with van der Waals surface area (Å²) in [6.07, 6.45) is 5.45. The lowest BCUT2D eigenvalue weighted by Gasteiger charge is -2.12. The van der Waals surface area contributed by atoms with Crippen LogP contribution in [0.4, 0.5) is 5.00 Å². The molecule has 6 heteroatoms. The molecule has 2 amide bonds. The van der Waals surface area contributed by atoms with Crippen LogP contribution in [0.2, 0.25) is 0 Å². The zero-order valence-corrected chi connectivity index (χ0v) is 16.2. The number of nitriles is 1. The molecule has 0 radical (unpaired) electrons. The summed E-state index contributed by atoms with van der Waals surface area (Å²) in [6.45, 7) is 1.98. The van der Waals surface area contributed by atoms with Crippen molar-refractivity contribution in [3.8, 4) is 6.07 Å². The fourth-order valence-corrected chi connectivity index (χ4v) is 4.45. The number of fused-ring (bicyclic) bond motifs is 1. The number of hydrogen-bond acceptors (Lipinski definition) is 4. The van der Waals surface area contributed by atoms with Crippen LogP contribution in [0.3, 0.4) is 0 Å². The summed E-state index contributed by atoms with van der Waals surface area (Å²) in [7, 11) is 1.58. The van der Waals surface area contributed by atoms with E-state index in [0.717, 1.165) is 47.3 Å². The van der Waals surface area contributed by atoms with E-state index in [9.17, 15) is 14.9 Å². The standard InChI is InChI=1S/C21H21N3O2S/c1-13-7-9-14(10-8-13)11-15(12-22)19(25)24-21-18(20(26)23-2)16-5-3-4-6-17(16)27-21/h7-11H,3-6H2,1-2H3,(H,23,26)(H,24,25)/b15-11-. The number of benzene rings is 1. The van der Waals surface area contributed by atoms with Gasteiger partial charge in [-0.25, -0.2) is 0 Å². The van der Waals surface area contributed by atoms with E-state index < -0.39 is 5.91 Å². The van der Waals surface area contributed by atoms with Crippen LogP contribution in [0.1, 0.15) is 44.8 Å². The number of thiophene rings is 1. The third-order valence-corrected chi connectivity index (χ3v) is 5.81. The lowest BCUT2D eigenvalue weighted by molar-refractivity contribution is -0.112. The van der Waals surface area contributed by atoms with Crippen molar-refractivity contribution in [1.29, 1.82) is 5.26 Å². The molecule has 1 heterocycles. The van der Waals surface area contributed by atoms with Gasteiger partial charge in [0.15, 0.2) is 0 Å². The zero-order chi connectivity index (χ0) is 19.4. The fourth-order valence-electron chi connectivity index (χ4n) is 3.17. The molecule has 0 saturated carbocycles. The lowest BCUT2D eigenvalue weighted by Crippen LogP contribution is -2.22. The smallest absolute Gasteiger partial charge is 0.266 e. The molecule has 2 N–H and O–H groups in total. The normalized spacial score (nSPS) is 13.4. The van der Waals surface area contributed by atoms with E-state index in [0.29, 0.717) is 10.6 Å². The summed E-state index contributed by atoms with van der Waals surface area (Å²) < 4.78 is 0. The molecule has 1 aliphatic rings. The average molecular weight is 379 g/mol. The van der Waals surface area contributed by atoms with Crippen LogP contribution in [0.25, 0.3) is 6.08 Å². The number of carbonyl (C=O) groups excluding carboxylic acids is 2. The van der Waals surface area contributed by atoms with Crippen molar-refractivity contribution in [2.24, 2.45) is 0 Å². The van der Waals surface area contributed by atoms with Gasteiger partial charge in [0.2, 0.25) is 0 Å². The lowest BCUT2D eigenvalue weighted by atomic mass is 9.95. The number of nitrogens with one attached hydrogen (secondary N) is 2. The van der Waals surface area contributed by atoms with Crippen LogP contribution in [-0.2, 0) is 17.6 Å². The van der Waals surface area contributed by atoms with E-state index in [4.69, 9.17) is 0 Å². The Hall–Kier alpha value is -2.91. The van der Waals surface area contributed by atoms with E-state index in [2.05, 4.69) is 10.6 Å². The highest BCUT2D eigenvalue weighted by Gasteiger charge is 2.26. The van der Waals surface area contributed by atoms with Gasteiger partial charge in [0.05, 0.1) is 5.56 Å². The van der Waals surface area contributed by atoms with Crippen molar-refractivity contribution in [2.75, 3.05) is 12.4 Å². The van der Waals surface area contributed by atoms with E-state index in [1.165, 1.54) is 11.3 Å². The van der Waals surface area contributed by atoms with E-state index >= 15 is 0 Å². The third-order valence-electron chi connectivity index (χ3n) is 4.61. The number of hydrogen-bond donors (Lipinski definition) is 2. The highest BCUT2D eigenvalue weighted by atomic mass is 32.1. The van der Waals surface area contributed by atoms with Gasteiger partial charge in [-0.3, -0.25) is 9.59 Å². The van der Waals surface area contributed by atoms with Crippen molar-refractivity contribution in [3.63, 3.8) is 0 Å². The second-order valence-corrected chi connectivity index (χ2v) is 7.63. The Bertz CT molecular complexity index is 949. The summed E-state index contributed by atoms with van der Waals surface area (Å²) >= 11 is 1.44. The van der Waals surface area contributed by atoms with Gasteiger partial charge in [-0.05, 0) is 49.8 Å². The van der Waals surface area contributed by atoms with Crippen molar-refractivity contribution in [1.82, 2.24) is 5.32 Å². The predicted molar refractivity (Wildman–Crippen MR) is 108 cm³/mol. The summed E-state index contributed by atoms with van der Waals surface area (Å²) in [5, 5.41) is 15.4. The van der Waals surface area contributed by atoms with Crippen LogP contribution in [0.5, 0.6) is 0 Å². The summed E-state index contributed by atoms with van der Waals surface area (Å²) in [5.74, 6) is -0.701. The van der Waals surface area contributed by atoms with E-state index in [-0.39, 0.29) is 11.5 Å². The number of carbonyl (C=O) groups is 2. The second kappa shape index (κ2) is 8.19. The van der Waals surface area contributed by atoms with Crippen LogP contribution in [0, 0.1) is 18.3 Å². The predicted octanol–water partition coefficient (Wildman–Crippen LogP) is 3.84. The van der Waals surface area contributed by atoms with Crippen molar-refractivity contribution in [2.45, 2.75) is 32.6 Å². The van der Waals surface area contributed by atoms with Gasteiger partial charge in [-0.2, -0.15) is 5.26 Å². The minimum Gasteiger partial charge on any atom is -0.355 e. The molecule has 0 atom stereocenters. The Labute approximate surface area is 162 Å². The van der Waals surface area contributed by atoms with Crippen LogP contribution in [-0.4, -0.2) is 18.9 Å². The highest BCUT2D eigenvalue weighted by molar-refractivity contribution is 7.17. The van der Waals surface area contributed by atoms with E-state index in [1.54, 1.807) is 13.1 Å². The van der Waals surface area contributed by atoms with Gasteiger partial charge in [-0.15, -0.1) is 11.3 Å². The minimum absolute atomic E-state index is 0.00748. The van der Waals surface area contributed by atoms with Gasteiger partial charge in [0.1, 0.15) is 16.6 Å². The second-order valence-electron chi connectivity index (χ2n) is 6.53. The Morgan fingerprint density at radius 1 is 1.19 bits per heavy atom. The van der Waals surface area contributed by atoms with Gasteiger partial charge in [-0.1, -0.05) is 29.8 Å². The maximum Gasteiger partial charge on any atom is 0.266 e. The first-order valence-electron chi connectivity index (χ1n) is 8.90. The minimum atomic E-state index is -0.498. The first-order valence-corrected chi connectivity index (χ1v) is 9.71. The fraction of sp³-hybridized carbons (Fsp3) is 0.286. The van der Waals surface area contributed by atoms with Gasteiger partial charge in [0, 0.05) is 11.9 Å². The number of anilines is 1. The zero-order valence-electron chi connectivity index (χ0n) is 15.4. The molecule has 3 rings (SSSR count). The molecule has 0 bridgehead atoms. The van der Waals surface area contributed by atoms with Crippen molar-refractivity contribution >= 4 is 34.2 Å². The number of aryl methyl sites for hydroxylation is 2. The quantitative estimate of drug-likeness (QED) is 0.625. The van der Waals surface area contributed by atoms with Crippen LogP contribution in [0.15, 0.2) is 29.8 Å². The molecule has 0 saturated heterocycles. The topological polar surface area (TPSA) is 82.0 Å². The molecule has 0 unspecified atom stereocenters. The molecule has 5 nitrogen and oxygen atoms in total. The van der Waals surface area contributed by atoms with Crippen molar-refractivity contribution in [3.05, 3.63) is 57.0 Å². The summed E-state index contributed by atoms with van der Waals surface area (Å²) in [6, 6.07) is 9.54. The number of amides is 2. The monoisotopic (exact) mass is 379 g/mol. The van der Waals surface area contributed by atoms with Gasteiger partial charge in [0.25, 0.3) is 11.8 Å². The maximum absolute atomic E-state index is 12.7. The molecule has 0 fully saturated rings. The molecule has 1 aromatic heterocycles. The van der Waals surface area contributed by atoms with Gasteiger partial charge < -0.3 is 10.6 Å². The molecule has 2 aromatic rings. The number of rotatable bonds is 4. The Morgan fingerprint density at radius 2 is 1.89 bits per heavy atom. The largest absolute Gasteiger partial charge is 0.355 e. The number of nitrogens with zero attached hydrogens (tertiary/aromatic N) is 1. The summed E-state index contributed by atoms with van der Waals surface area (Å²) in [5.41, 5.74) is 3.46. The molecule has 0 aliphatic heterocycles. The Balaban J connectivity index is 1.90. The molecular weight excluding hydrogens is 358 g/mol. The molecule has 27 heavy (non-hydrogen) atoms. The van der Waals surface area contributed by atoms with Crippen LogP contribution < -0.4 is 10.6 Å². The summed E-state index contributed by atoms with van der Waals surface area (Å²) in [4.78, 5) is 26.2. The maximum atomic E-state index is 12.7. The average Bonchev–Trinajstić information content (AvgIpc) is 3.04. The SMILES string of the molecule is CNC(=O)c1c(NC(=O)/C(C#N)=C\c2ccc(C)cc2)sc2c1CCCC2. The van der Waals surface area contributed by atoms with Gasteiger partial charge >= 0.3 is 0 Å². The molecule has 1 aromatic carbocycles. The molecular formula is C21H21N3O2S. The van der Waals surface area contributed by atoms with E-state index in [1.807, 2.05) is 37.3 Å². The Morgan fingerprint density at radius 3 is 2.56 bits per heavy atom. The van der Waals surface area contributed by atoms with Crippen molar-refractivity contribution < 1.29 is 9.59 Å². The first kappa shape index (κ1) is 18.9. The van der Waals surface area contributed by atoms with Crippen LogP contribution >= 0.6 is 11.3 Å². The highest BCUT2D eigenvalue weighted by Crippen LogP contribution is 2.38. The molecule has 0 spiro atoms. The molecule has 138 valence electrons. The third kappa shape index (κ3) is 4.09. The Kier molecular flexibility index (Phi) is 5.72. The first-order chi connectivity index (χ1) is 13.0. The molecule has 1 aliphatic carbocycles.